The number of nitrogens with two attached hydrogens (primary N) is 1. The van der Waals surface area contributed by atoms with Crippen molar-refractivity contribution in [1.29, 1.82) is 0 Å². The summed E-state index contributed by atoms with van der Waals surface area (Å²) in [6.07, 6.45) is -3.11. The van der Waals surface area contributed by atoms with Crippen molar-refractivity contribution in [2.75, 3.05) is 0 Å². The summed E-state index contributed by atoms with van der Waals surface area (Å²) >= 11 is 0. The van der Waals surface area contributed by atoms with E-state index in [0.717, 1.165) is 5.56 Å². The second-order valence-electron chi connectivity index (χ2n) is 4.48. The maximum Gasteiger partial charge on any atom is 0.573 e. The number of nitrogens with one attached hydrogen (secondary N) is 1. The Bertz CT molecular complexity index is 616. The van der Waals surface area contributed by atoms with Crippen molar-refractivity contribution in [1.82, 2.24) is 10.4 Å². The van der Waals surface area contributed by atoms with Crippen molar-refractivity contribution in [2.24, 2.45) is 5.84 Å². The van der Waals surface area contributed by atoms with Gasteiger partial charge in [0.2, 0.25) is 0 Å². The standard InChI is InChI=1S/C14H14F3N3O/c1-9-5-6-19-12(7-9)13(20-18)10-3-2-4-11(8-10)21-14(15,16)17/h2-8,13,20H,18H2,1H3. The highest BCUT2D eigenvalue weighted by Crippen LogP contribution is 2.27. The topological polar surface area (TPSA) is 60.2 Å². The fourth-order valence-electron chi connectivity index (χ4n) is 1.96. The number of nitrogens with zero attached hydrogens (tertiary/aromatic N) is 1. The van der Waals surface area contributed by atoms with Crippen molar-refractivity contribution in [2.45, 2.75) is 19.3 Å². The van der Waals surface area contributed by atoms with Gasteiger partial charge in [-0.25, -0.2) is 5.43 Å². The Morgan fingerprint density at radius 3 is 2.62 bits per heavy atom. The van der Waals surface area contributed by atoms with E-state index in [9.17, 15) is 13.2 Å². The van der Waals surface area contributed by atoms with Crippen LogP contribution in [-0.4, -0.2) is 11.3 Å². The van der Waals surface area contributed by atoms with Crippen LogP contribution in [0.5, 0.6) is 5.75 Å². The fourth-order valence-corrected chi connectivity index (χ4v) is 1.96. The van der Waals surface area contributed by atoms with Gasteiger partial charge in [-0.2, -0.15) is 0 Å². The number of hydrogen-bond donors (Lipinski definition) is 2. The van der Waals surface area contributed by atoms with Gasteiger partial charge in [0.15, 0.2) is 0 Å². The van der Waals surface area contributed by atoms with Gasteiger partial charge in [0.25, 0.3) is 0 Å². The zero-order valence-corrected chi connectivity index (χ0v) is 11.2. The Morgan fingerprint density at radius 1 is 1.24 bits per heavy atom. The molecule has 0 saturated carbocycles. The highest BCUT2D eigenvalue weighted by Gasteiger charge is 2.31. The van der Waals surface area contributed by atoms with Crippen molar-refractivity contribution in [3.05, 3.63) is 59.4 Å². The van der Waals surface area contributed by atoms with Crippen LogP contribution in [0.15, 0.2) is 42.6 Å². The molecule has 0 radical (unpaired) electrons. The van der Waals surface area contributed by atoms with Gasteiger partial charge in [0.1, 0.15) is 5.75 Å². The van der Waals surface area contributed by atoms with Crippen molar-refractivity contribution >= 4 is 0 Å². The van der Waals surface area contributed by atoms with E-state index in [0.29, 0.717) is 11.3 Å². The molecule has 21 heavy (non-hydrogen) atoms. The molecule has 4 nitrogen and oxygen atoms in total. The summed E-state index contributed by atoms with van der Waals surface area (Å²) in [5, 5.41) is 0. The minimum atomic E-state index is -4.73. The van der Waals surface area contributed by atoms with Crippen LogP contribution in [0.2, 0.25) is 0 Å². The summed E-state index contributed by atoms with van der Waals surface area (Å²) in [6, 6.07) is 8.73. The third kappa shape index (κ3) is 4.17. The number of pyridine rings is 1. The van der Waals surface area contributed by atoms with Crippen LogP contribution in [0.1, 0.15) is 22.9 Å². The number of hydrazine groups is 1. The molecular weight excluding hydrogens is 283 g/mol. The molecule has 1 atom stereocenters. The van der Waals surface area contributed by atoms with Crippen molar-refractivity contribution in [3.63, 3.8) is 0 Å². The summed E-state index contributed by atoms with van der Waals surface area (Å²) in [5.41, 5.74) is 4.67. The Hall–Kier alpha value is -2.12. The molecule has 0 aliphatic heterocycles. The van der Waals surface area contributed by atoms with Crippen LogP contribution in [0.3, 0.4) is 0 Å². The average molecular weight is 297 g/mol. The predicted molar refractivity (Wildman–Crippen MR) is 71.3 cm³/mol. The predicted octanol–water partition coefficient (Wildman–Crippen LogP) is 2.84. The minimum absolute atomic E-state index is 0.298. The molecule has 2 aromatic rings. The maximum atomic E-state index is 12.3. The number of hydrogen-bond acceptors (Lipinski definition) is 4. The lowest BCUT2D eigenvalue weighted by Crippen LogP contribution is -2.29. The molecule has 0 bridgehead atoms. The lowest BCUT2D eigenvalue weighted by Gasteiger charge is -2.17. The molecule has 7 heteroatoms. The maximum absolute atomic E-state index is 12.3. The Kier molecular flexibility index (Phi) is 4.44. The first-order chi connectivity index (χ1) is 9.89. The zero-order chi connectivity index (χ0) is 15.5. The Balaban J connectivity index is 2.32. The fraction of sp³-hybridized carbons (Fsp3) is 0.214. The molecule has 1 heterocycles. The van der Waals surface area contributed by atoms with Gasteiger partial charge in [-0.3, -0.25) is 10.8 Å². The van der Waals surface area contributed by atoms with E-state index in [-0.39, 0.29) is 5.75 Å². The number of benzene rings is 1. The first kappa shape index (κ1) is 15.3. The number of alkyl halides is 3. The lowest BCUT2D eigenvalue weighted by atomic mass is 10.0. The molecular formula is C14H14F3N3O. The van der Waals surface area contributed by atoms with Crippen molar-refractivity contribution < 1.29 is 17.9 Å². The smallest absolute Gasteiger partial charge is 0.406 e. The number of rotatable bonds is 4. The average Bonchev–Trinajstić information content (AvgIpc) is 2.38. The first-order valence-electron chi connectivity index (χ1n) is 6.13. The molecule has 1 aromatic heterocycles. The molecule has 0 saturated heterocycles. The number of aryl methyl sites for hydroxylation is 1. The highest BCUT2D eigenvalue weighted by atomic mass is 19.4. The number of ether oxygens (including phenoxy) is 1. The molecule has 3 N–H and O–H groups in total. The van der Waals surface area contributed by atoms with Gasteiger partial charge in [-0.15, -0.1) is 13.2 Å². The monoisotopic (exact) mass is 297 g/mol. The Morgan fingerprint density at radius 2 is 2.00 bits per heavy atom. The highest BCUT2D eigenvalue weighted by molar-refractivity contribution is 5.35. The first-order valence-corrected chi connectivity index (χ1v) is 6.13. The largest absolute Gasteiger partial charge is 0.573 e. The normalized spacial score (nSPS) is 13.0. The second-order valence-corrected chi connectivity index (χ2v) is 4.48. The van der Waals surface area contributed by atoms with Gasteiger partial charge in [0, 0.05) is 6.20 Å². The molecule has 1 unspecified atom stereocenters. The molecule has 0 aliphatic carbocycles. The van der Waals surface area contributed by atoms with E-state index in [1.807, 2.05) is 19.1 Å². The van der Waals surface area contributed by atoms with Crippen LogP contribution < -0.4 is 16.0 Å². The van der Waals surface area contributed by atoms with E-state index in [1.54, 1.807) is 12.3 Å². The summed E-state index contributed by atoms with van der Waals surface area (Å²) in [4.78, 5) is 4.19. The quantitative estimate of drug-likeness (QED) is 0.673. The summed E-state index contributed by atoms with van der Waals surface area (Å²) in [5.74, 6) is 5.21. The van der Waals surface area contributed by atoms with E-state index < -0.39 is 12.4 Å². The van der Waals surface area contributed by atoms with Crippen LogP contribution in [0.4, 0.5) is 13.2 Å². The molecule has 0 aliphatic rings. The molecule has 112 valence electrons. The third-order valence-electron chi connectivity index (χ3n) is 2.82. The zero-order valence-electron chi connectivity index (χ0n) is 11.2. The van der Waals surface area contributed by atoms with Gasteiger partial charge in [0.05, 0.1) is 11.7 Å². The minimum Gasteiger partial charge on any atom is -0.406 e. The van der Waals surface area contributed by atoms with Gasteiger partial charge in [-0.05, 0) is 42.3 Å². The molecule has 0 fully saturated rings. The van der Waals surface area contributed by atoms with Gasteiger partial charge < -0.3 is 4.74 Å². The molecule has 0 amide bonds. The number of halogens is 3. The van der Waals surface area contributed by atoms with E-state index >= 15 is 0 Å². The SMILES string of the molecule is Cc1ccnc(C(NN)c2cccc(OC(F)(F)F)c2)c1. The summed E-state index contributed by atoms with van der Waals surface area (Å²) in [6.45, 7) is 1.89. The molecule has 0 spiro atoms. The molecule has 1 aromatic carbocycles. The number of aromatic nitrogens is 1. The molecule has 2 rings (SSSR count). The summed E-state index contributed by atoms with van der Waals surface area (Å²) < 4.78 is 40.7. The lowest BCUT2D eigenvalue weighted by molar-refractivity contribution is -0.274. The van der Waals surface area contributed by atoms with Crippen LogP contribution in [0.25, 0.3) is 0 Å². The summed E-state index contributed by atoms with van der Waals surface area (Å²) in [7, 11) is 0. The van der Waals surface area contributed by atoms with Gasteiger partial charge in [-0.1, -0.05) is 12.1 Å². The van der Waals surface area contributed by atoms with E-state index in [2.05, 4.69) is 15.1 Å². The van der Waals surface area contributed by atoms with Crippen LogP contribution >= 0.6 is 0 Å². The Labute approximate surface area is 119 Å². The van der Waals surface area contributed by atoms with Crippen LogP contribution in [-0.2, 0) is 0 Å². The van der Waals surface area contributed by atoms with Crippen LogP contribution in [0, 0.1) is 6.92 Å². The second kappa shape index (κ2) is 6.11. The van der Waals surface area contributed by atoms with Crippen molar-refractivity contribution in [3.8, 4) is 5.75 Å². The van der Waals surface area contributed by atoms with E-state index in [1.165, 1.54) is 18.2 Å². The van der Waals surface area contributed by atoms with Gasteiger partial charge >= 0.3 is 6.36 Å². The third-order valence-corrected chi connectivity index (χ3v) is 2.82. The van der Waals surface area contributed by atoms with E-state index in [4.69, 9.17) is 5.84 Å².